The van der Waals surface area contributed by atoms with E-state index in [1.807, 2.05) is 0 Å². The maximum Gasteiger partial charge on any atom is 0.361 e. The molecule has 0 heterocycles. The van der Waals surface area contributed by atoms with E-state index in [2.05, 4.69) is 0 Å². The van der Waals surface area contributed by atoms with Gasteiger partial charge in [0.2, 0.25) is 0 Å². The maximum atomic E-state index is 11.4. The third kappa shape index (κ3) is 11.4. The molecule has 20 heavy (non-hydrogen) atoms. The lowest BCUT2D eigenvalue weighted by Gasteiger charge is -2.16. The number of hydrogen-bond acceptors (Lipinski definition) is 7. The minimum Gasteiger partial charge on any atom is -0.462 e. The Morgan fingerprint density at radius 3 is 2.30 bits per heavy atom. The van der Waals surface area contributed by atoms with Gasteiger partial charge in [-0.3, -0.25) is 9.59 Å². The summed E-state index contributed by atoms with van der Waals surface area (Å²) in [5.74, 6) is -1.46. The normalized spacial score (nSPS) is 11.6. The Kier molecular flexibility index (Phi) is 10.2. The van der Waals surface area contributed by atoms with E-state index in [0.717, 1.165) is 13.0 Å². The van der Waals surface area contributed by atoms with Crippen LogP contribution in [-0.2, 0) is 28.6 Å². The van der Waals surface area contributed by atoms with Crippen molar-refractivity contribution in [1.82, 2.24) is 0 Å². The highest BCUT2D eigenvalue weighted by molar-refractivity contribution is 5.70. The van der Waals surface area contributed by atoms with Crippen molar-refractivity contribution in [2.24, 2.45) is 5.73 Å². The van der Waals surface area contributed by atoms with E-state index < -0.39 is 24.0 Å². The Labute approximate surface area is 117 Å². The summed E-state index contributed by atoms with van der Waals surface area (Å²) in [6.07, 6.45) is 0.0277. The molecule has 0 rings (SSSR count). The highest BCUT2D eigenvalue weighted by Gasteiger charge is 2.17. The highest BCUT2D eigenvalue weighted by Crippen LogP contribution is 1.97. The predicted octanol–water partition coefficient (Wildman–Crippen LogP) is -2.06. The monoisotopic (exact) mass is 291 g/mol. The molecule has 0 spiro atoms. The lowest BCUT2D eigenvalue weighted by atomic mass is 10.4. The molecule has 0 saturated heterocycles. The summed E-state index contributed by atoms with van der Waals surface area (Å²) in [5, 5.41) is 1.78. The van der Waals surface area contributed by atoms with Crippen LogP contribution >= 0.6 is 0 Å². The standard InChI is InChI=1S/C12H22N2O6/c1-9(15)18-7-11(20-10(2)16)8-19-12(17)6-14-5-3-4-13/h11,14H,3-8,13H2,1-2H3/p+1. The smallest absolute Gasteiger partial charge is 0.361 e. The number of carbonyl (C=O) groups excluding carboxylic acids is 3. The zero-order valence-corrected chi connectivity index (χ0v) is 11.9. The van der Waals surface area contributed by atoms with Crippen molar-refractivity contribution in [3.63, 3.8) is 0 Å². The lowest BCUT2D eigenvalue weighted by Crippen LogP contribution is -2.86. The van der Waals surface area contributed by atoms with Gasteiger partial charge in [0.15, 0.2) is 12.6 Å². The molecule has 0 aliphatic carbocycles. The summed E-state index contributed by atoms with van der Waals surface area (Å²) >= 11 is 0. The topological polar surface area (TPSA) is 122 Å². The third-order valence-corrected chi connectivity index (χ3v) is 2.16. The van der Waals surface area contributed by atoms with E-state index in [1.165, 1.54) is 13.8 Å². The molecule has 0 aromatic heterocycles. The molecule has 4 N–H and O–H groups in total. The van der Waals surface area contributed by atoms with Gasteiger partial charge in [-0.15, -0.1) is 0 Å². The van der Waals surface area contributed by atoms with E-state index in [4.69, 9.17) is 19.9 Å². The van der Waals surface area contributed by atoms with Crippen LogP contribution in [0.2, 0.25) is 0 Å². The molecule has 0 amide bonds. The first-order chi connectivity index (χ1) is 9.45. The molecule has 116 valence electrons. The van der Waals surface area contributed by atoms with Gasteiger partial charge in [-0.05, 0) is 6.54 Å². The first-order valence-electron chi connectivity index (χ1n) is 6.43. The zero-order valence-electron chi connectivity index (χ0n) is 11.9. The Balaban J connectivity index is 3.94. The first kappa shape index (κ1) is 18.3. The SMILES string of the molecule is CC(=O)OCC(COC(=O)C[NH2+]CCCN)OC(C)=O. The second kappa shape index (κ2) is 11.2. The molecule has 0 aliphatic heterocycles. The van der Waals surface area contributed by atoms with Crippen molar-refractivity contribution in [1.29, 1.82) is 0 Å². The summed E-state index contributed by atoms with van der Waals surface area (Å²) in [5.41, 5.74) is 5.32. The number of ether oxygens (including phenoxy) is 3. The van der Waals surface area contributed by atoms with E-state index in [-0.39, 0.29) is 19.8 Å². The van der Waals surface area contributed by atoms with Gasteiger partial charge < -0.3 is 25.3 Å². The predicted molar refractivity (Wildman–Crippen MR) is 68.5 cm³/mol. The minimum atomic E-state index is -0.788. The average molecular weight is 291 g/mol. The van der Waals surface area contributed by atoms with E-state index >= 15 is 0 Å². The summed E-state index contributed by atoms with van der Waals surface area (Å²) in [6, 6.07) is 0. The minimum absolute atomic E-state index is 0.140. The summed E-state index contributed by atoms with van der Waals surface area (Å²) in [4.78, 5) is 33.0. The summed E-state index contributed by atoms with van der Waals surface area (Å²) in [7, 11) is 0. The van der Waals surface area contributed by atoms with Crippen molar-refractivity contribution in [2.45, 2.75) is 26.4 Å². The largest absolute Gasteiger partial charge is 0.462 e. The van der Waals surface area contributed by atoms with Crippen LogP contribution in [0.5, 0.6) is 0 Å². The molecule has 1 atom stereocenters. The van der Waals surface area contributed by atoms with E-state index in [9.17, 15) is 14.4 Å². The van der Waals surface area contributed by atoms with E-state index in [1.54, 1.807) is 5.32 Å². The second-order valence-electron chi connectivity index (χ2n) is 4.14. The molecule has 0 aromatic carbocycles. The van der Waals surface area contributed by atoms with Crippen molar-refractivity contribution in [3.8, 4) is 0 Å². The van der Waals surface area contributed by atoms with Gasteiger partial charge in [-0.2, -0.15) is 0 Å². The number of carbonyl (C=O) groups is 3. The Bertz CT molecular complexity index is 321. The molecule has 0 saturated carbocycles. The molecule has 0 bridgehead atoms. The summed E-state index contributed by atoms with van der Waals surface area (Å²) in [6.45, 7) is 3.66. The average Bonchev–Trinajstić information content (AvgIpc) is 2.37. The molecule has 1 unspecified atom stereocenters. The van der Waals surface area contributed by atoms with Crippen LogP contribution in [0.4, 0.5) is 0 Å². The highest BCUT2D eigenvalue weighted by atomic mass is 16.6. The third-order valence-electron chi connectivity index (χ3n) is 2.16. The van der Waals surface area contributed by atoms with Gasteiger partial charge in [-0.1, -0.05) is 0 Å². The van der Waals surface area contributed by atoms with Crippen LogP contribution in [0.3, 0.4) is 0 Å². The summed E-state index contributed by atoms with van der Waals surface area (Å²) < 4.78 is 14.5. The molecule has 0 aromatic rings. The van der Waals surface area contributed by atoms with Crippen LogP contribution in [0.15, 0.2) is 0 Å². The van der Waals surface area contributed by atoms with Gasteiger partial charge in [0.05, 0.1) is 6.54 Å². The number of rotatable bonds is 10. The van der Waals surface area contributed by atoms with Crippen LogP contribution in [-0.4, -0.2) is 56.9 Å². The molecule has 0 fully saturated rings. The van der Waals surface area contributed by atoms with Crippen molar-refractivity contribution < 1.29 is 33.9 Å². The Morgan fingerprint density at radius 2 is 1.75 bits per heavy atom. The fourth-order valence-electron chi connectivity index (χ4n) is 1.29. The lowest BCUT2D eigenvalue weighted by molar-refractivity contribution is -0.645. The second-order valence-corrected chi connectivity index (χ2v) is 4.14. The van der Waals surface area contributed by atoms with Crippen LogP contribution < -0.4 is 11.1 Å². The maximum absolute atomic E-state index is 11.4. The van der Waals surface area contributed by atoms with Gasteiger partial charge in [0.1, 0.15) is 13.2 Å². The molecule has 8 nitrogen and oxygen atoms in total. The first-order valence-corrected chi connectivity index (χ1v) is 6.43. The molecule has 8 heteroatoms. The quantitative estimate of drug-likeness (QED) is 0.269. The van der Waals surface area contributed by atoms with Crippen LogP contribution in [0.25, 0.3) is 0 Å². The Morgan fingerprint density at radius 1 is 1.10 bits per heavy atom. The number of quaternary nitrogens is 1. The number of nitrogens with two attached hydrogens (primary N) is 2. The fourth-order valence-corrected chi connectivity index (χ4v) is 1.29. The zero-order chi connectivity index (χ0) is 15.4. The fraction of sp³-hybridized carbons (Fsp3) is 0.750. The number of esters is 3. The molecule has 0 aliphatic rings. The van der Waals surface area contributed by atoms with Crippen LogP contribution in [0, 0.1) is 0 Å². The van der Waals surface area contributed by atoms with Gasteiger partial charge in [0, 0.05) is 20.3 Å². The molecule has 0 radical (unpaired) electrons. The van der Waals surface area contributed by atoms with E-state index in [0.29, 0.717) is 6.54 Å². The van der Waals surface area contributed by atoms with Gasteiger partial charge >= 0.3 is 17.9 Å². The van der Waals surface area contributed by atoms with Crippen molar-refractivity contribution in [3.05, 3.63) is 0 Å². The van der Waals surface area contributed by atoms with Crippen molar-refractivity contribution in [2.75, 3.05) is 32.8 Å². The Hall–Kier alpha value is -1.67. The van der Waals surface area contributed by atoms with Crippen LogP contribution in [0.1, 0.15) is 20.3 Å². The van der Waals surface area contributed by atoms with Crippen molar-refractivity contribution >= 4 is 17.9 Å². The molecular formula is C12H23N2O6+. The molecular weight excluding hydrogens is 268 g/mol. The van der Waals surface area contributed by atoms with Gasteiger partial charge in [-0.25, -0.2) is 4.79 Å². The number of hydrogen-bond donors (Lipinski definition) is 2. The van der Waals surface area contributed by atoms with Gasteiger partial charge in [0.25, 0.3) is 0 Å².